The second kappa shape index (κ2) is 5.83. The second-order valence-electron chi connectivity index (χ2n) is 6.26. The van der Waals surface area contributed by atoms with E-state index in [1.807, 2.05) is 18.2 Å². The zero-order valence-electron chi connectivity index (χ0n) is 12.7. The predicted molar refractivity (Wildman–Crippen MR) is 96.2 cm³/mol. The van der Waals surface area contributed by atoms with Crippen LogP contribution >= 0.6 is 23.2 Å². The molecule has 0 fully saturated rings. The Morgan fingerprint density at radius 2 is 2.04 bits per heavy atom. The summed E-state index contributed by atoms with van der Waals surface area (Å²) in [5, 5.41) is 14.0. The Labute approximate surface area is 149 Å². The summed E-state index contributed by atoms with van der Waals surface area (Å²) in [6.45, 7) is 0. The highest BCUT2D eigenvalue weighted by atomic mass is 35.5. The molecule has 0 saturated carbocycles. The zero-order valence-corrected chi connectivity index (χ0v) is 14.2. The maximum absolute atomic E-state index is 11.3. The molecule has 2 N–H and O–H groups in total. The van der Waals surface area contributed by atoms with Crippen LogP contribution in [0.15, 0.2) is 48.6 Å². The van der Waals surface area contributed by atoms with Gasteiger partial charge in [-0.05, 0) is 47.7 Å². The van der Waals surface area contributed by atoms with Crippen LogP contribution in [0.25, 0.3) is 0 Å². The summed E-state index contributed by atoms with van der Waals surface area (Å²) in [5.41, 5.74) is 3.11. The molecule has 3 nitrogen and oxygen atoms in total. The normalized spacial score (nSPS) is 24.2. The maximum Gasteiger partial charge on any atom is 0.335 e. The number of aromatic carboxylic acids is 1. The minimum Gasteiger partial charge on any atom is -0.478 e. The molecule has 0 bridgehead atoms. The summed E-state index contributed by atoms with van der Waals surface area (Å²) < 4.78 is 0. The average molecular weight is 360 g/mol. The molecule has 2 aromatic rings. The highest BCUT2D eigenvalue weighted by Gasteiger charge is 2.39. The summed E-state index contributed by atoms with van der Waals surface area (Å²) >= 11 is 12.5. The van der Waals surface area contributed by atoms with Crippen molar-refractivity contribution in [1.82, 2.24) is 0 Å². The minimum absolute atomic E-state index is 0.0874. The molecule has 2 aliphatic rings. The molecular weight excluding hydrogens is 345 g/mol. The Kier molecular flexibility index (Phi) is 3.78. The van der Waals surface area contributed by atoms with E-state index in [-0.39, 0.29) is 17.5 Å². The van der Waals surface area contributed by atoms with E-state index in [0.717, 1.165) is 23.2 Å². The second-order valence-corrected chi connectivity index (χ2v) is 7.10. The third-order valence-corrected chi connectivity index (χ3v) is 5.41. The summed E-state index contributed by atoms with van der Waals surface area (Å²) in [4.78, 5) is 11.3. The molecule has 0 saturated heterocycles. The first kappa shape index (κ1) is 15.6. The molecule has 0 spiro atoms. The van der Waals surface area contributed by atoms with Crippen molar-refractivity contribution in [3.8, 4) is 0 Å². The van der Waals surface area contributed by atoms with E-state index in [1.54, 1.807) is 6.07 Å². The lowest BCUT2D eigenvalue weighted by molar-refractivity contribution is 0.0696. The van der Waals surface area contributed by atoms with Gasteiger partial charge in [-0.25, -0.2) is 4.79 Å². The maximum atomic E-state index is 11.3. The third kappa shape index (κ3) is 2.48. The number of allylic oxidation sites excluding steroid dienone is 2. The van der Waals surface area contributed by atoms with E-state index in [4.69, 9.17) is 23.2 Å². The molecule has 0 aromatic heterocycles. The summed E-state index contributed by atoms with van der Waals surface area (Å²) in [6, 6.07) is 11.2. The summed E-state index contributed by atoms with van der Waals surface area (Å²) in [6.07, 6.45) is 5.25. The first-order valence-electron chi connectivity index (χ1n) is 7.80. The van der Waals surface area contributed by atoms with E-state index >= 15 is 0 Å². The van der Waals surface area contributed by atoms with E-state index in [1.165, 1.54) is 6.07 Å². The zero-order chi connectivity index (χ0) is 16.8. The first-order valence-corrected chi connectivity index (χ1v) is 8.55. The fourth-order valence-electron chi connectivity index (χ4n) is 3.81. The average Bonchev–Trinajstić information content (AvgIpc) is 3.04. The van der Waals surface area contributed by atoms with Crippen LogP contribution in [0.2, 0.25) is 10.0 Å². The van der Waals surface area contributed by atoms with Crippen molar-refractivity contribution in [2.75, 3.05) is 5.32 Å². The number of fused-ring (bicyclic) bond motifs is 3. The number of nitrogens with one attached hydrogen (secondary N) is 1. The molecule has 0 radical (unpaired) electrons. The van der Waals surface area contributed by atoms with E-state index in [0.29, 0.717) is 16.0 Å². The van der Waals surface area contributed by atoms with Gasteiger partial charge in [-0.2, -0.15) is 0 Å². The number of carbonyl (C=O) groups is 1. The van der Waals surface area contributed by atoms with Gasteiger partial charge in [0.2, 0.25) is 0 Å². The van der Waals surface area contributed by atoms with Gasteiger partial charge in [0.25, 0.3) is 0 Å². The molecule has 0 amide bonds. The molecule has 1 heterocycles. The molecule has 5 heteroatoms. The van der Waals surface area contributed by atoms with Crippen molar-refractivity contribution in [1.29, 1.82) is 0 Å². The Bertz CT molecular complexity index is 862. The van der Waals surface area contributed by atoms with Crippen LogP contribution in [0.5, 0.6) is 0 Å². The van der Waals surface area contributed by atoms with Crippen molar-refractivity contribution in [2.45, 2.75) is 18.4 Å². The molecule has 1 aliphatic heterocycles. The Hall–Kier alpha value is -1.97. The fraction of sp³-hybridized carbons (Fsp3) is 0.211. The minimum atomic E-state index is -0.963. The lowest BCUT2D eigenvalue weighted by Gasteiger charge is -2.38. The quantitative estimate of drug-likeness (QED) is 0.694. The number of benzene rings is 2. The van der Waals surface area contributed by atoms with Gasteiger partial charge < -0.3 is 10.4 Å². The van der Waals surface area contributed by atoms with Crippen LogP contribution in [0.4, 0.5) is 5.69 Å². The van der Waals surface area contributed by atoms with Gasteiger partial charge in [0.05, 0.1) is 22.3 Å². The van der Waals surface area contributed by atoms with Crippen LogP contribution < -0.4 is 5.32 Å². The number of hydrogen-bond donors (Lipinski definition) is 2. The van der Waals surface area contributed by atoms with Gasteiger partial charge in [0, 0.05) is 10.9 Å². The molecule has 4 rings (SSSR count). The standard InChI is InChI=1S/C19H15Cl2NO2/c20-12-4-1-3-10(7-12)17-14-6-2-5-13(14)15-8-11(19(23)24)9-16(21)18(15)22-17/h1-5,7-9,13-14,17,22H,6H2,(H,23,24)/t13-,14+,17+/m1/s1. The smallest absolute Gasteiger partial charge is 0.335 e. The van der Waals surface area contributed by atoms with Crippen molar-refractivity contribution in [3.63, 3.8) is 0 Å². The van der Waals surface area contributed by atoms with Crippen LogP contribution in [0.1, 0.15) is 39.9 Å². The number of rotatable bonds is 2. The van der Waals surface area contributed by atoms with E-state index in [2.05, 4.69) is 23.5 Å². The Morgan fingerprint density at radius 3 is 2.79 bits per heavy atom. The third-order valence-electron chi connectivity index (χ3n) is 4.88. The van der Waals surface area contributed by atoms with Gasteiger partial charge in [-0.15, -0.1) is 0 Å². The van der Waals surface area contributed by atoms with Gasteiger partial charge in [-0.3, -0.25) is 0 Å². The number of halogens is 2. The first-order chi connectivity index (χ1) is 11.5. The molecule has 3 atom stereocenters. The molecule has 1 aliphatic carbocycles. The van der Waals surface area contributed by atoms with Gasteiger partial charge in [0.1, 0.15) is 0 Å². The topological polar surface area (TPSA) is 49.3 Å². The van der Waals surface area contributed by atoms with Crippen LogP contribution in [0, 0.1) is 5.92 Å². The number of hydrogen-bond acceptors (Lipinski definition) is 2. The SMILES string of the molecule is O=C(O)c1cc(Cl)c2c(c1)[C@@H]1C=CC[C@@H]1[C@H](c1cccc(Cl)c1)N2. The number of carboxylic acid groups (broad SMARTS) is 1. The fourth-order valence-corrected chi connectivity index (χ4v) is 4.29. The van der Waals surface area contributed by atoms with Gasteiger partial charge in [-0.1, -0.05) is 47.5 Å². The Balaban J connectivity index is 1.83. The summed E-state index contributed by atoms with van der Waals surface area (Å²) in [7, 11) is 0. The van der Waals surface area contributed by atoms with Crippen molar-refractivity contribution < 1.29 is 9.90 Å². The largest absolute Gasteiger partial charge is 0.478 e. The molecule has 0 unspecified atom stereocenters. The van der Waals surface area contributed by atoms with Crippen molar-refractivity contribution in [3.05, 3.63) is 75.3 Å². The number of carboxylic acids is 1. The summed E-state index contributed by atoms with van der Waals surface area (Å²) in [5.74, 6) is -0.492. The molecule has 24 heavy (non-hydrogen) atoms. The highest BCUT2D eigenvalue weighted by Crippen LogP contribution is 2.51. The van der Waals surface area contributed by atoms with Crippen LogP contribution in [0.3, 0.4) is 0 Å². The molecule has 122 valence electrons. The monoisotopic (exact) mass is 359 g/mol. The van der Waals surface area contributed by atoms with E-state index in [9.17, 15) is 9.90 Å². The lowest BCUT2D eigenvalue weighted by atomic mass is 9.76. The van der Waals surface area contributed by atoms with Crippen LogP contribution in [-0.2, 0) is 0 Å². The predicted octanol–water partition coefficient (Wildman–Crippen LogP) is 5.52. The highest BCUT2D eigenvalue weighted by molar-refractivity contribution is 6.34. The van der Waals surface area contributed by atoms with Gasteiger partial charge in [0.15, 0.2) is 0 Å². The lowest BCUT2D eigenvalue weighted by Crippen LogP contribution is -2.29. The number of anilines is 1. The molecule has 2 aromatic carbocycles. The Morgan fingerprint density at radius 1 is 1.21 bits per heavy atom. The van der Waals surface area contributed by atoms with E-state index < -0.39 is 5.97 Å². The van der Waals surface area contributed by atoms with Crippen molar-refractivity contribution in [2.24, 2.45) is 5.92 Å². The van der Waals surface area contributed by atoms with Gasteiger partial charge >= 0.3 is 5.97 Å². The van der Waals surface area contributed by atoms with Crippen LogP contribution in [-0.4, -0.2) is 11.1 Å². The molecular formula is C19H15Cl2NO2. The van der Waals surface area contributed by atoms with Crippen molar-refractivity contribution >= 4 is 34.9 Å².